The molecule has 1 N–H and O–H groups in total. The summed E-state index contributed by atoms with van der Waals surface area (Å²) in [6.45, 7) is 7.33. The van der Waals surface area contributed by atoms with Crippen LogP contribution in [0.25, 0.3) is 0 Å². The van der Waals surface area contributed by atoms with Gasteiger partial charge in [-0.3, -0.25) is 0 Å². The average molecular weight is 251 g/mol. The zero-order valence-corrected chi connectivity index (χ0v) is 11.7. The standard InChI is InChI=1S/C13H21N3S/c1-4-7-14-12-9(2)10(3)15-13(16-12)11-6-5-8-17-11/h11H,4-8H2,1-3H3,(H,14,15,16). The van der Waals surface area contributed by atoms with Gasteiger partial charge >= 0.3 is 0 Å². The lowest BCUT2D eigenvalue weighted by Gasteiger charge is -2.14. The maximum absolute atomic E-state index is 4.71. The summed E-state index contributed by atoms with van der Waals surface area (Å²) in [7, 11) is 0. The van der Waals surface area contributed by atoms with Crippen molar-refractivity contribution in [1.82, 2.24) is 9.97 Å². The molecule has 94 valence electrons. The molecule has 1 aliphatic rings. The van der Waals surface area contributed by atoms with Gasteiger partial charge in [-0.25, -0.2) is 9.97 Å². The van der Waals surface area contributed by atoms with Gasteiger partial charge in [-0.1, -0.05) is 6.92 Å². The van der Waals surface area contributed by atoms with E-state index in [9.17, 15) is 0 Å². The minimum atomic E-state index is 0.511. The Bertz CT molecular complexity index is 386. The highest BCUT2D eigenvalue weighted by atomic mass is 32.2. The molecule has 0 spiro atoms. The van der Waals surface area contributed by atoms with Crippen molar-refractivity contribution in [3.05, 3.63) is 17.1 Å². The lowest BCUT2D eigenvalue weighted by Crippen LogP contribution is -2.10. The topological polar surface area (TPSA) is 37.8 Å². The third-order valence-corrected chi connectivity index (χ3v) is 4.54. The second-order valence-corrected chi connectivity index (χ2v) is 5.88. The summed E-state index contributed by atoms with van der Waals surface area (Å²) in [5.41, 5.74) is 2.30. The van der Waals surface area contributed by atoms with Crippen molar-refractivity contribution in [2.75, 3.05) is 17.6 Å². The van der Waals surface area contributed by atoms with Crippen LogP contribution in [-0.2, 0) is 0 Å². The summed E-state index contributed by atoms with van der Waals surface area (Å²) in [4.78, 5) is 9.36. The number of hydrogen-bond donors (Lipinski definition) is 1. The van der Waals surface area contributed by atoms with E-state index in [-0.39, 0.29) is 0 Å². The summed E-state index contributed by atoms with van der Waals surface area (Å²) in [6, 6.07) is 0. The van der Waals surface area contributed by atoms with Crippen molar-refractivity contribution in [2.24, 2.45) is 0 Å². The highest BCUT2D eigenvalue weighted by Gasteiger charge is 2.21. The van der Waals surface area contributed by atoms with E-state index in [1.165, 1.54) is 24.2 Å². The zero-order chi connectivity index (χ0) is 12.3. The number of nitrogens with one attached hydrogen (secondary N) is 1. The van der Waals surface area contributed by atoms with Gasteiger partial charge < -0.3 is 5.32 Å². The molecule has 2 rings (SSSR count). The first kappa shape index (κ1) is 12.7. The molecule has 1 atom stereocenters. The first-order chi connectivity index (χ1) is 8.22. The Balaban J connectivity index is 2.24. The fourth-order valence-corrected chi connectivity index (χ4v) is 3.20. The number of anilines is 1. The second-order valence-electron chi connectivity index (χ2n) is 4.57. The molecular weight excluding hydrogens is 230 g/mol. The molecule has 1 aromatic heterocycles. The van der Waals surface area contributed by atoms with Crippen molar-refractivity contribution >= 4 is 17.6 Å². The molecule has 1 aromatic rings. The summed E-state index contributed by atoms with van der Waals surface area (Å²) < 4.78 is 0. The number of rotatable bonds is 4. The van der Waals surface area contributed by atoms with Crippen molar-refractivity contribution < 1.29 is 0 Å². The first-order valence-electron chi connectivity index (χ1n) is 6.43. The zero-order valence-electron chi connectivity index (χ0n) is 10.9. The molecule has 0 aromatic carbocycles. The summed E-state index contributed by atoms with van der Waals surface area (Å²) in [5.74, 6) is 3.30. The maximum Gasteiger partial charge on any atom is 0.143 e. The van der Waals surface area contributed by atoms with Gasteiger partial charge in [0.1, 0.15) is 11.6 Å². The van der Waals surface area contributed by atoms with E-state index in [0.717, 1.165) is 30.3 Å². The SMILES string of the molecule is CCCNc1nc(C2CCCS2)nc(C)c1C. The van der Waals surface area contributed by atoms with E-state index in [1.54, 1.807) is 0 Å². The number of thioether (sulfide) groups is 1. The molecule has 1 aliphatic heterocycles. The summed E-state index contributed by atoms with van der Waals surface area (Å²) >= 11 is 1.99. The third-order valence-electron chi connectivity index (χ3n) is 3.17. The molecule has 0 aliphatic carbocycles. The van der Waals surface area contributed by atoms with Crippen LogP contribution in [0.15, 0.2) is 0 Å². The van der Waals surface area contributed by atoms with Gasteiger partial charge in [0, 0.05) is 17.8 Å². The Morgan fingerprint density at radius 1 is 1.35 bits per heavy atom. The molecule has 3 nitrogen and oxygen atoms in total. The Morgan fingerprint density at radius 3 is 2.82 bits per heavy atom. The Hall–Kier alpha value is -0.770. The van der Waals surface area contributed by atoms with Crippen LogP contribution in [0, 0.1) is 13.8 Å². The molecule has 0 radical (unpaired) electrons. The molecule has 0 amide bonds. The van der Waals surface area contributed by atoms with Crippen molar-refractivity contribution in [2.45, 2.75) is 45.3 Å². The number of aryl methyl sites for hydroxylation is 1. The average Bonchev–Trinajstić information content (AvgIpc) is 2.84. The van der Waals surface area contributed by atoms with Crippen LogP contribution in [0.3, 0.4) is 0 Å². The fraction of sp³-hybridized carbons (Fsp3) is 0.692. The predicted octanol–water partition coefficient (Wildman–Crippen LogP) is 3.48. The Labute approximate surface area is 108 Å². The summed E-state index contributed by atoms with van der Waals surface area (Å²) in [5, 5.41) is 3.92. The molecule has 17 heavy (non-hydrogen) atoms. The van der Waals surface area contributed by atoms with Crippen LogP contribution < -0.4 is 5.32 Å². The largest absolute Gasteiger partial charge is 0.370 e. The van der Waals surface area contributed by atoms with E-state index >= 15 is 0 Å². The first-order valence-corrected chi connectivity index (χ1v) is 7.48. The van der Waals surface area contributed by atoms with Gasteiger partial charge in [0.2, 0.25) is 0 Å². The van der Waals surface area contributed by atoms with E-state index in [1.807, 2.05) is 11.8 Å². The van der Waals surface area contributed by atoms with Crippen LogP contribution in [0.5, 0.6) is 0 Å². The quantitative estimate of drug-likeness (QED) is 0.889. The van der Waals surface area contributed by atoms with Crippen molar-refractivity contribution in [3.63, 3.8) is 0 Å². The lowest BCUT2D eigenvalue weighted by atomic mass is 10.2. The van der Waals surface area contributed by atoms with Gasteiger partial charge in [0.25, 0.3) is 0 Å². The van der Waals surface area contributed by atoms with Gasteiger partial charge in [-0.2, -0.15) is 11.8 Å². The molecule has 0 saturated carbocycles. The van der Waals surface area contributed by atoms with E-state index < -0.39 is 0 Å². The predicted molar refractivity (Wildman–Crippen MR) is 74.7 cm³/mol. The van der Waals surface area contributed by atoms with E-state index in [4.69, 9.17) is 4.98 Å². The van der Waals surface area contributed by atoms with Crippen LogP contribution in [0.2, 0.25) is 0 Å². The van der Waals surface area contributed by atoms with Crippen LogP contribution in [0.4, 0.5) is 5.82 Å². The molecular formula is C13H21N3S. The normalized spacial score (nSPS) is 19.6. The smallest absolute Gasteiger partial charge is 0.143 e. The van der Waals surface area contributed by atoms with Gasteiger partial charge in [0.05, 0.1) is 5.25 Å². The van der Waals surface area contributed by atoms with E-state index in [0.29, 0.717) is 5.25 Å². The van der Waals surface area contributed by atoms with Gasteiger partial charge in [0.15, 0.2) is 0 Å². The molecule has 1 fully saturated rings. The molecule has 1 saturated heterocycles. The van der Waals surface area contributed by atoms with Crippen molar-refractivity contribution in [1.29, 1.82) is 0 Å². The molecule has 1 unspecified atom stereocenters. The molecule has 2 heterocycles. The highest BCUT2D eigenvalue weighted by molar-refractivity contribution is 7.99. The van der Waals surface area contributed by atoms with E-state index in [2.05, 4.69) is 31.1 Å². The van der Waals surface area contributed by atoms with Crippen molar-refractivity contribution in [3.8, 4) is 0 Å². The summed E-state index contributed by atoms with van der Waals surface area (Å²) in [6.07, 6.45) is 3.64. The van der Waals surface area contributed by atoms with Crippen LogP contribution in [-0.4, -0.2) is 22.3 Å². The molecule has 4 heteroatoms. The van der Waals surface area contributed by atoms with Crippen LogP contribution >= 0.6 is 11.8 Å². The Kier molecular flexibility index (Phi) is 4.26. The third kappa shape index (κ3) is 2.92. The van der Waals surface area contributed by atoms with Gasteiger partial charge in [-0.05, 0) is 38.9 Å². The fourth-order valence-electron chi connectivity index (χ4n) is 1.99. The highest BCUT2D eigenvalue weighted by Crippen LogP contribution is 2.38. The second kappa shape index (κ2) is 5.71. The number of aromatic nitrogens is 2. The lowest BCUT2D eigenvalue weighted by molar-refractivity contribution is 0.768. The Morgan fingerprint density at radius 2 is 2.18 bits per heavy atom. The van der Waals surface area contributed by atoms with Crippen LogP contribution in [0.1, 0.15) is 48.5 Å². The maximum atomic E-state index is 4.71. The number of nitrogens with zero attached hydrogens (tertiary/aromatic N) is 2. The number of hydrogen-bond acceptors (Lipinski definition) is 4. The minimum absolute atomic E-state index is 0.511. The minimum Gasteiger partial charge on any atom is -0.370 e. The monoisotopic (exact) mass is 251 g/mol. The molecule has 0 bridgehead atoms. The van der Waals surface area contributed by atoms with Gasteiger partial charge in [-0.15, -0.1) is 0 Å².